The van der Waals surface area contributed by atoms with Crippen molar-refractivity contribution in [1.29, 1.82) is 0 Å². The van der Waals surface area contributed by atoms with Crippen LogP contribution in [-0.4, -0.2) is 99.2 Å². The standard InChI is InChI=1S/C18H16F2N4O3S.C15H19BF2N2O3.C9H9BrN2O2S.2CH4/c1-10-16-12(4-6-24(16)28(2,26)27)13(9-22-10)11-3-5-21-15(7-11)23-17(25)14-8-18(14,19)20;1-13(2)14(3,4)23-16(22-13)9-5-6-19-11(7-9)20-12(21)10-8-15(10,17)18;1-6-9-7(8(10)5-11-6)3-4-12(9)15(2,13)14;;/h3-7,9,14H,8H2,1-2H3,(H,21,23,25);5-7,10H,8H2,1-4H3,(H,19,20,21);3-5H,1-2H3;2*1H4. The Labute approximate surface area is 401 Å². The highest BCUT2D eigenvalue weighted by atomic mass is 79.9. The molecule has 2 aliphatic carbocycles. The fraction of sp³-hybridized carbons (Fsp3) is 0.409. The van der Waals surface area contributed by atoms with E-state index in [2.05, 4.69) is 46.5 Å². The summed E-state index contributed by atoms with van der Waals surface area (Å²) in [5, 5.41) is 6.35. The van der Waals surface area contributed by atoms with Crippen LogP contribution in [0.15, 0.2) is 78.1 Å². The molecule has 0 radical (unpaired) electrons. The van der Waals surface area contributed by atoms with Crippen molar-refractivity contribution in [2.75, 3.05) is 23.1 Å². The van der Waals surface area contributed by atoms with Crippen molar-refractivity contribution in [1.82, 2.24) is 27.9 Å². The molecule has 68 heavy (non-hydrogen) atoms. The van der Waals surface area contributed by atoms with Gasteiger partial charge in [-0.25, -0.2) is 52.3 Å². The van der Waals surface area contributed by atoms with Gasteiger partial charge in [-0.3, -0.25) is 19.6 Å². The summed E-state index contributed by atoms with van der Waals surface area (Å²) in [7, 11) is -7.37. The lowest BCUT2D eigenvalue weighted by atomic mass is 9.80. The maximum absolute atomic E-state index is 13.1. The molecule has 2 amide bonds. The molecule has 3 aliphatic rings. The van der Waals surface area contributed by atoms with Gasteiger partial charge in [0.25, 0.3) is 11.8 Å². The van der Waals surface area contributed by atoms with Gasteiger partial charge >= 0.3 is 7.12 Å². The molecule has 2 N–H and O–H groups in total. The van der Waals surface area contributed by atoms with Gasteiger partial charge in [0.2, 0.25) is 31.9 Å². The number of hydrogen-bond donors (Lipinski definition) is 2. The summed E-state index contributed by atoms with van der Waals surface area (Å²) < 4.78 is 114. The number of anilines is 2. The van der Waals surface area contributed by atoms with Gasteiger partial charge < -0.3 is 19.9 Å². The second-order valence-corrected chi connectivity index (χ2v) is 21.8. The molecule has 9 rings (SSSR count). The minimum Gasteiger partial charge on any atom is -0.399 e. The number of rotatable bonds is 8. The summed E-state index contributed by atoms with van der Waals surface area (Å²) in [6.07, 6.45) is 10.6. The largest absolute Gasteiger partial charge is 0.495 e. The molecule has 2 atom stereocenters. The third-order valence-corrected chi connectivity index (χ3v) is 14.2. The van der Waals surface area contributed by atoms with Crippen LogP contribution < -0.4 is 16.1 Å². The monoisotopic (exact) mass is 1050 g/mol. The van der Waals surface area contributed by atoms with Crippen molar-refractivity contribution in [3.63, 3.8) is 0 Å². The lowest BCUT2D eigenvalue weighted by molar-refractivity contribution is -0.120. The molecule has 366 valence electrons. The normalized spacial score (nSPS) is 19.3. The first-order valence-corrected chi connectivity index (χ1v) is 24.6. The molecule has 0 aromatic carbocycles. The number of hydrogen-bond acceptors (Lipinski definition) is 12. The van der Waals surface area contributed by atoms with Crippen LogP contribution in [0, 0.1) is 25.7 Å². The number of fused-ring (bicyclic) bond motifs is 2. The van der Waals surface area contributed by atoms with Gasteiger partial charge in [0.1, 0.15) is 23.5 Å². The minimum atomic E-state index is -3.51. The molecule has 3 fully saturated rings. The topological polar surface area (TPSA) is 206 Å². The number of aryl methyl sites for hydroxylation is 2. The molecule has 1 aliphatic heterocycles. The molecule has 24 heteroatoms. The van der Waals surface area contributed by atoms with Crippen molar-refractivity contribution in [3.05, 3.63) is 89.4 Å². The first-order chi connectivity index (χ1) is 30.5. The van der Waals surface area contributed by atoms with Crippen LogP contribution in [-0.2, 0) is 38.9 Å². The number of alkyl halides is 4. The predicted molar refractivity (Wildman–Crippen MR) is 257 cm³/mol. The highest BCUT2D eigenvalue weighted by Gasteiger charge is 2.62. The van der Waals surface area contributed by atoms with E-state index >= 15 is 0 Å². The second kappa shape index (κ2) is 18.9. The third-order valence-electron chi connectivity index (χ3n) is 11.6. The van der Waals surface area contributed by atoms with Crippen LogP contribution in [0.5, 0.6) is 0 Å². The number of pyridine rings is 4. The van der Waals surface area contributed by atoms with E-state index in [-0.39, 0.29) is 26.5 Å². The molecule has 16 nitrogen and oxygen atoms in total. The van der Waals surface area contributed by atoms with Crippen molar-refractivity contribution in [3.8, 4) is 11.1 Å². The van der Waals surface area contributed by atoms with Gasteiger partial charge in [0, 0.05) is 70.8 Å². The maximum atomic E-state index is 13.1. The molecule has 1 saturated heterocycles. The zero-order valence-corrected chi connectivity index (χ0v) is 39.9. The summed E-state index contributed by atoms with van der Waals surface area (Å²) in [5.74, 6) is -9.57. The van der Waals surface area contributed by atoms with Crippen LogP contribution in [0.4, 0.5) is 29.2 Å². The van der Waals surface area contributed by atoms with Crippen LogP contribution in [0.1, 0.15) is 66.8 Å². The van der Waals surface area contributed by atoms with Crippen LogP contribution in [0.2, 0.25) is 0 Å². The van der Waals surface area contributed by atoms with E-state index in [1.54, 1.807) is 68.8 Å². The molecule has 2 unspecified atom stereocenters. The SMILES string of the molecule is C.C.CC1(C)OB(c2ccnc(NC(=O)C3CC3(F)F)c2)OC1(C)C.Cc1ncc(-c2ccnc(NC(=O)C3CC3(F)F)c2)c2ccn(S(C)(=O)=O)c12.Cc1ncc(Br)c2ccn(S(C)(=O)=O)c12. The van der Waals surface area contributed by atoms with Crippen LogP contribution in [0.25, 0.3) is 32.9 Å². The van der Waals surface area contributed by atoms with E-state index in [9.17, 15) is 44.0 Å². The summed E-state index contributed by atoms with van der Waals surface area (Å²) >= 11 is 3.34. The van der Waals surface area contributed by atoms with Crippen molar-refractivity contribution in [2.45, 2.75) is 92.3 Å². The van der Waals surface area contributed by atoms with Crippen molar-refractivity contribution >= 4 is 93.8 Å². The molecule has 0 spiro atoms. The summed E-state index contributed by atoms with van der Waals surface area (Å²) in [6, 6.07) is 9.94. The number of halogens is 5. The lowest BCUT2D eigenvalue weighted by Crippen LogP contribution is -2.41. The molecule has 6 aromatic heterocycles. The van der Waals surface area contributed by atoms with Gasteiger partial charge in [-0.2, -0.15) is 0 Å². The quantitative estimate of drug-likeness (QED) is 0.110. The van der Waals surface area contributed by atoms with Gasteiger partial charge in [0.05, 0.1) is 46.1 Å². The Morgan fingerprint density at radius 1 is 0.706 bits per heavy atom. The molecule has 2 saturated carbocycles. The summed E-state index contributed by atoms with van der Waals surface area (Å²) in [4.78, 5) is 40.0. The van der Waals surface area contributed by atoms with Crippen LogP contribution >= 0.6 is 15.9 Å². The Kier molecular flexibility index (Phi) is 14.9. The maximum Gasteiger partial charge on any atom is 0.495 e. The third kappa shape index (κ3) is 11.1. The van der Waals surface area contributed by atoms with Crippen LogP contribution in [0.3, 0.4) is 0 Å². The zero-order chi connectivity index (χ0) is 48.5. The van der Waals surface area contributed by atoms with E-state index in [1.165, 1.54) is 28.8 Å². The lowest BCUT2D eigenvalue weighted by Gasteiger charge is -2.32. The Balaban J connectivity index is 0.000000196. The Bertz CT molecular complexity index is 3140. The predicted octanol–water partition coefficient (Wildman–Crippen LogP) is 7.97. The Morgan fingerprint density at radius 3 is 1.60 bits per heavy atom. The number of carbonyl (C=O) groups excluding carboxylic acids is 2. The fourth-order valence-electron chi connectivity index (χ4n) is 7.04. The Hall–Kier alpha value is -5.30. The smallest absolute Gasteiger partial charge is 0.399 e. The fourth-order valence-corrected chi connectivity index (χ4v) is 9.15. The van der Waals surface area contributed by atoms with E-state index in [0.717, 1.165) is 20.1 Å². The number of nitrogens with one attached hydrogen (secondary N) is 2. The first-order valence-electron chi connectivity index (χ1n) is 20.2. The van der Waals surface area contributed by atoms with Gasteiger partial charge in [-0.05, 0) is 105 Å². The summed E-state index contributed by atoms with van der Waals surface area (Å²) in [5.41, 5.74) is 3.30. The first kappa shape index (κ1) is 53.7. The molecule has 6 aromatic rings. The number of amides is 2. The van der Waals surface area contributed by atoms with E-state index in [0.29, 0.717) is 44.4 Å². The zero-order valence-electron chi connectivity index (χ0n) is 36.7. The van der Waals surface area contributed by atoms with Crippen molar-refractivity contribution in [2.24, 2.45) is 11.8 Å². The summed E-state index contributed by atoms with van der Waals surface area (Å²) in [6.45, 7) is 11.2. The van der Waals surface area contributed by atoms with E-state index < -0.39 is 86.7 Å². The number of aromatic nitrogens is 6. The minimum absolute atomic E-state index is 0. The van der Waals surface area contributed by atoms with Crippen molar-refractivity contribution < 1.29 is 53.3 Å². The van der Waals surface area contributed by atoms with E-state index in [4.69, 9.17) is 9.31 Å². The highest BCUT2D eigenvalue weighted by molar-refractivity contribution is 9.10. The van der Waals surface area contributed by atoms with Gasteiger partial charge in [0.15, 0.2) is 0 Å². The highest BCUT2D eigenvalue weighted by Crippen LogP contribution is 2.50. The number of nitrogens with zero attached hydrogens (tertiary/aromatic N) is 6. The number of carbonyl (C=O) groups is 2. The van der Waals surface area contributed by atoms with Gasteiger partial charge in [-0.15, -0.1) is 0 Å². The van der Waals surface area contributed by atoms with Gasteiger partial charge in [-0.1, -0.05) is 14.9 Å². The molecular weight excluding hydrogens is 999 g/mol. The molecule has 7 heterocycles. The average molecular weight is 1050 g/mol. The average Bonchev–Trinajstić information content (AvgIpc) is 3.74. The molecular formula is C44H52BBrF4N8O8S2. The van der Waals surface area contributed by atoms with E-state index in [1.807, 2.05) is 27.7 Å². The second-order valence-electron chi connectivity index (χ2n) is 17.2. The Morgan fingerprint density at radius 2 is 1.13 bits per heavy atom. The molecule has 0 bridgehead atoms.